The molecule has 20 heavy (non-hydrogen) atoms. The number of nitrogens with one attached hydrogen (secondary N) is 1. The first-order valence-electron chi connectivity index (χ1n) is 7.05. The molecule has 2 aliphatic rings. The van der Waals surface area contributed by atoms with Gasteiger partial charge < -0.3 is 10.2 Å². The van der Waals surface area contributed by atoms with Gasteiger partial charge in [-0.1, -0.05) is 0 Å². The van der Waals surface area contributed by atoms with Gasteiger partial charge in [-0.15, -0.1) is 0 Å². The van der Waals surface area contributed by atoms with Crippen molar-refractivity contribution < 1.29 is 9.59 Å². The third kappa shape index (κ3) is 2.39. The summed E-state index contributed by atoms with van der Waals surface area (Å²) in [7, 11) is 0. The van der Waals surface area contributed by atoms with E-state index >= 15 is 0 Å². The van der Waals surface area contributed by atoms with E-state index in [1.165, 1.54) is 19.8 Å². The molecule has 7 nitrogen and oxygen atoms in total. The molecule has 1 aliphatic carbocycles. The quantitative estimate of drug-likeness (QED) is 0.855. The van der Waals surface area contributed by atoms with E-state index in [-0.39, 0.29) is 24.4 Å². The highest BCUT2D eigenvalue weighted by molar-refractivity contribution is 5.84. The minimum atomic E-state index is -0.192. The van der Waals surface area contributed by atoms with Gasteiger partial charge in [0.05, 0.1) is 19.1 Å². The Bertz CT molecular complexity index is 549. The number of fused-ring (bicyclic) bond motifs is 1. The molecule has 0 spiro atoms. The van der Waals surface area contributed by atoms with Gasteiger partial charge in [0.1, 0.15) is 5.82 Å². The van der Waals surface area contributed by atoms with Gasteiger partial charge in [-0.25, -0.2) is 9.67 Å². The second-order valence-electron chi connectivity index (χ2n) is 5.50. The monoisotopic (exact) mass is 277 g/mol. The fourth-order valence-electron chi connectivity index (χ4n) is 2.54. The van der Waals surface area contributed by atoms with Crippen LogP contribution in [0.1, 0.15) is 50.3 Å². The van der Waals surface area contributed by atoms with Crippen molar-refractivity contribution in [2.75, 3.05) is 13.1 Å². The molecule has 0 aromatic carbocycles. The Hall–Kier alpha value is -1.92. The van der Waals surface area contributed by atoms with Gasteiger partial charge in [0.15, 0.2) is 5.82 Å². The van der Waals surface area contributed by atoms with Crippen LogP contribution in [0.4, 0.5) is 0 Å². The highest BCUT2D eigenvalue weighted by atomic mass is 16.2. The smallest absolute Gasteiger partial charge is 0.242 e. The van der Waals surface area contributed by atoms with Crippen LogP contribution < -0.4 is 5.32 Å². The predicted molar refractivity (Wildman–Crippen MR) is 70.8 cm³/mol. The first kappa shape index (κ1) is 13.1. The molecule has 2 amide bonds. The average Bonchev–Trinajstić information content (AvgIpc) is 3.16. The van der Waals surface area contributed by atoms with Crippen LogP contribution in [-0.2, 0) is 16.1 Å². The molecule has 1 atom stereocenters. The van der Waals surface area contributed by atoms with Crippen LogP contribution in [0.2, 0.25) is 0 Å². The summed E-state index contributed by atoms with van der Waals surface area (Å²) in [6, 6.07) is -0.0926. The van der Waals surface area contributed by atoms with Gasteiger partial charge in [-0.05, 0) is 19.8 Å². The van der Waals surface area contributed by atoms with Crippen molar-refractivity contribution in [3.8, 4) is 0 Å². The van der Waals surface area contributed by atoms with Crippen molar-refractivity contribution in [3.63, 3.8) is 0 Å². The lowest BCUT2D eigenvalue weighted by Crippen LogP contribution is -2.45. The van der Waals surface area contributed by atoms with Gasteiger partial charge in [0, 0.05) is 19.4 Å². The van der Waals surface area contributed by atoms with Gasteiger partial charge >= 0.3 is 0 Å². The summed E-state index contributed by atoms with van der Waals surface area (Å²) in [5, 5.41) is 7.08. The molecule has 108 valence electrons. The topological polar surface area (TPSA) is 80.1 Å². The van der Waals surface area contributed by atoms with E-state index in [0.29, 0.717) is 19.0 Å². The van der Waals surface area contributed by atoms with Crippen molar-refractivity contribution in [1.82, 2.24) is 25.0 Å². The van der Waals surface area contributed by atoms with Gasteiger partial charge in [-0.2, -0.15) is 5.10 Å². The summed E-state index contributed by atoms with van der Waals surface area (Å²) in [5.41, 5.74) is 0. The van der Waals surface area contributed by atoms with E-state index in [1.54, 1.807) is 4.90 Å². The van der Waals surface area contributed by atoms with Gasteiger partial charge in [-0.3, -0.25) is 9.59 Å². The van der Waals surface area contributed by atoms with E-state index in [9.17, 15) is 9.59 Å². The van der Waals surface area contributed by atoms with Crippen molar-refractivity contribution in [1.29, 1.82) is 0 Å². The lowest BCUT2D eigenvalue weighted by molar-refractivity contribution is -0.135. The molecule has 0 radical (unpaired) electrons. The highest BCUT2D eigenvalue weighted by Gasteiger charge is 2.34. The van der Waals surface area contributed by atoms with Crippen LogP contribution in [0.15, 0.2) is 0 Å². The normalized spacial score (nSPS) is 21.5. The SMILES string of the molecule is CC(=O)NCC(=O)N1CCn2nc(C3CC3)nc2[C@H]1C. The molecule has 1 aromatic heterocycles. The fourth-order valence-corrected chi connectivity index (χ4v) is 2.54. The van der Waals surface area contributed by atoms with Crippen LogP contribution in [0.25, 0.3) is 0 Å². The lowest BCUT2D eigenvalue weighted by Gasteiger charge is -2.32. The summed E-state index contributed by atoms with van der Waals surface area (Å²) < 4.78 is 1.92. The van der Waals surface area contributed by atoms with E-state index in [0.717, 1.165) is 11.6 Å². The van der Waals surface area contributed by atoms with Gasteiger partial charge in [0.25, 0.3) is 0 Å². The zero-order valence-electron chi connectivity index (χ0n) is 11.8. The maximum atomic E-state index is 12.1. The second-order valence-corrected chi connectivity index (χ2v) is 5.50. The standard InChI is InChI=1S/C13H19N5O2/c1-8-13-15-12(10-3-4-10)16-18(13)6-5-17(8)11(20)7-14-9(2)19/h8,10H,3-7H2,1-2H3,(H,14,19)/t8-/m1/s1. The van der Waals surface area contributed by atoms with E-state index in [1.807, 2.05) is 11.6 Å². The number of carbonyl (C=O) groups excluding carboxylic acids is 2. The van der Waals surface area contributed by atoms with Crippen molar-refractivity contribution in [2.45, 2.75) is 45.2 Å². The number of aromatic nitrogens is 3. The average molecular weight is 277 g/mol. The predicted octanol–water partition coefficient (Wildman–Crippen LogP) is 0.195. The maximum absolute atomic E-state index is 12.1. The number of hydrogen-bond acceptors (Lipinski definition) is 4. The van der Waals surface area contributed by atoms with Crippen molar-refractivity contribution >= 4 is 11.8 Å². The zero-order valence-corrected chi connectivity index (χ0v) is 11.8. The molecule has 3 rings (SSSR count). The fraction of sp³-hybridized carbons (Fsp3) is 0.692. The third-order valence-corrected chi connectivity index (χ3v) is 3.86. The molecule has 2 heterocycles. The summed E-state index contributed by atoms with van der Waals surface area (Å²) in [4.78, 5) is 29.4. The molecule has 7 heteroatoms. The Morgan fingerprint density at radius 2 is 2.10 bits per heavy atom. The van der Waals surface area contributed by atoms with Crippen LogP contribution in [0.3, 0.4) is 0 Å². The first-order chi connectivity index (χ1) is 9.56. The van der Waals surface area contributed by atoms with Crippen LogP contribution >= 0.6 is 0 Å². The lowest BCUT2D eigenvalue weighted by atomic mass is 10.2. The van der Waals surface area contributed by atoms with Crippen LogP contribution in [0, 0.1) is 0 Å². The minimum absolute atomic E-state index is 0.0449. The molecule has 1 fully saturated rings. The summed E-state index contributed by atoms with van der Waals surface area (Å²) in [5.74, 6) is 2.03. The highest BCUT2D eigenvalue weighted by Crippen LogP contribution is 2.39. The largest absolute Gasteiger partial charge is 0.347 e. The Labute approximate surface area is 117 Å². The number of hydrogen-bond donors (Lipinski definition) is 1. The molecule has 1 saturated carbocycles. The molecule has 1 aromatic rings. The summed E-state index contributed by atoms with van der Waals surface area (Å²) >= 11 is 0. The molecular weight excluding hydrogens is 258 g/mol. The molecule has 1 N–H and O–H groups in total. The number of carbonyl (C=O) groups is 2. The summed E-state index contributed by atoms with van der Waals surface area (Å²) in [6.07, 6.45) is 2.34. The second kappa shape index (κ2) is 4.88. The number of rotatable bonds is 3. The van der Waals surface area contributed by atoms with E-state index in [2.05, 4.69) is 15.4 Å². The molecule has 0 unspecified atom stereocenters. The number of amides is 2. The summed E-state index contributed by atoms with van der Waals surface area (Å²) in [6.45, 7) is 4.70. The zero-order chi connectivity index (χ0) is 14.3. The molecule has 1 aliphatic heterocycles. The maximum Gasteiger partial charge on any atom is 0.242 e. The van der Waals surface area contributed by atoms with Crippen molar-refractivity contribution in [3.05, 3.63) is 11.6 Å². The third-order valence-electron chi connectivity index (χ3n) is 3.86. The van der Waals surface area contributed by atoms with Gasteiger partial charge in [0.2, 0.25) is 11.8 Å². The molecular formula is C13H19N5O2. The Balaban J connectivity index is 1.72. The Morgan fingerprint density at radius 3 is 2.75 bits per heavy atom. The van der Waals surface area contributed by atoms with E-state index < -0.39 is 0 Å². The minimum Gasteiger partial charge on any atom is -0.347 e. The Kier molecular flexibility index (Phi) is 3.19. The van der Waals surface area contributed by atoms with Crippen molar-refractivity contribution in [2.24, 2.45) is 0 Å². The van der Waals surface area contributed by atoms with Crippen LogP contribution in [-0.4, -0.2) is 44.6 Å². The molecule has 0 saturated heterocycles. The Morgan fingerprint density at radius 1 is 1.35 bits per heavy atom. The van der Waals surface area contributed by atoms with Crippen LogP contribution in [0.5, 0.6) is 0 Å². The van der Waals surface area contributed by atoms with E-state index in [4.69, 9.17) is 0 Å². The molecule has 0 bridgehead atoms. The first-order valence-corrected chi connectivity index (χ1v) is 7.05. The number of nitrogens with zero attached hydrogens (tertiary/aromatic N) is 4.